The topological polar surface area (TPSA) is 86.3 Å². The van der Waals surface area contributed by atoms with Gasteiger partial charge in [-0.3, -0.25) is 4.79 Å². The number of nitrogens with zero attached hydrogens (tertiary/aromatic N) is 1. The molecule has 1 aromatic carbocycles. The summed E-state index contributed by atoms with van der Waals surface area (Å²) in [6, 6.07) is 7.59. The van der Waals surface area contributed by atoms with Gasteiger partial charge in [-0.15, -0.1) is 12.4 Å². The second kappa shape index (κ2) is 10.3. The summed E-state index contributed by atoms with van der Waals surface area (Å²) in [5, 5.41) is 19.8. The molecule has 180 valence electrons. The van der Waals surface area contributed by atoms with Crippen LogP contribution in [0.4, 0.5) is 11.5 Å². The maximum absolute atomic E-state index is 13.2. The average Bonchev–Trinajstić information content (AvgIpc) is 2.74. The zero-order chi connectivity index (χ0) is 22.1. The Morgan fingerprint density at radius 3 is 2.39 bits per heavy atom. The van der Waals surface area contributed by atoms with Crippen LogP contribution < -0.4 is 16.0 Å². The quantitative estimate of drug-likeness (QED) is 0.376. The van der Waals surface area contributed by atoms with Crippen LogP contribution in [0, 0.1) is 23.2 Å². The fourth-order valence-electron chi connectivity index (χ4n) is 6.92. The number of rotatable bonds is 9. The Labute approximate surface area is 206 Å². The fraction of sp³-hybridized carbons (Fsp3) is 0.600. The van der Waals surface area contributed by atoms with Crippen molar-refractivity contribution in [2.75, 3.05) is 36.9 Å². The Morgan fingerprint density at radius 2 is 1.73 bits per heavy atom. The van der Waals surface area contributed by atoms with Crippen LogP contribution in [0.15, 0.2) is 24.3 Å². The molecule has 0 radical (unpaired) electrons. The first-order valence-corrected chi connectivity index (χ1v) is 12.4. The molecule has 0 unspecified atom stereocenters. The van der Waals surface area contributed by atoms with Crippen molar-refractivity contribution in [3.63, 3.8) is 0 Å². The Morgan fingerprint density at radius 1 is 1.03 bits per heavy atom. The van der Waals surface area contributed by atoms with Crippen LogP contribution in [0.25, 0.3) is 10.9 Å². The van der Waals surface area contributed by atoms with E-state index in [1.807, 2.05) is 24.3 Å². The highest BCUT2D eigenvalue weighted by atomic mass is 35.5. The van der Waals surface area contributed by atoms with E-state index >= 15 is 0 Å². The van der Waals surface area contributed by atoms with E-state index in [1.54, 1.807) is 0 Å². The summed E-state index contributed by atoms with van der Waals surface area (Å²) in [6.07, 6.45) is 8.43. The first kappa shape index (κ1) is 24.5. The summed E-state index contributed by atoms with van der Waals surface area (Å²) in [7, 11) is 0. The van der Waals surface area contributed by atoms with Gasteiger partial charge in [-0.1, -0.05) is 11.6 Å². The first-order valence-electron chi connectivity index (χ1n) is 12.0. The SMILES string of the molecule is Cl.O=C(CC12CC3CC(CC(C3)C1)C2)Nc1c(Cl)ccc2nc(NCCNCCO)ccc12. The first-order chi connectivity index (χ1) is 15.5. The Kier molecular flexibility index (Phi) is 7.69. The number of carbonyl (C=O) groups is 1. The third-order valence-electron chi connectivity index (χ3n) is 7.68. The van der Waals surface area contributed by atoms with Crippen molar-refractivity contribution < 1.29 is 9.90 Å². The van der Waals surface area contributed by atoms with Crippen LogP contribution in [0.2, 0.25) is 5.02 Å². The summed E-state index contributed by atoms with van der Waals surface area (Å²) >= 11 is 6.51. The molecule has 4 N–H and O–H groups in total. The molecule has 2 aromatic rings. The highest BCUT2D eigenvalue weighted by molar-refractivity contribution is 6.35. The lowest BCUT2D eigenvalue weighted by atomic mass is 9.49. The maximum atomic E-state index is 13.2. The van der Waals surface area contributed by atoms with Gasteiger partial charge in [-0.25, -0.2) is 4.98 Å². The van der Waals surface area contributed by atoms with Gasteiger partial charge in [-0.2, -0.15) is 0 Å². The van der Waals surface area contributed by atoms with Gasteiger partial charge in [0.15, 0.2) is 0 Å². The normalized spacial score (nSPS) is 27.4. The van der Waals surface area contributed by atoms with Gasteiger partial charge in [0, 0.05) is 31.4 Å². The average molecular weight is 493 g/mol. The van der Waals surface area contributed by atoms with E-state index < -0.39 is 0 Å². The number of carbonyl (C=O) groups excluding carboxylic acids is 1. The van der Waals surface area contributed by atoms with Crippen molar-refractivity contribution in [2.24, 2.45) is 23.2 Å². The molecule has 6 rings (SSSR count). The van der Waals surface area contributed by atoms with E-state index in [-0.39, 0.29) is 30.3 Å². The van der Waals surface area contributed by atoms with Gasteiger partial charge < -0.3 is 21.1 Å². The van der Waals surface area contributed by atoms with Crippen LogP contribution in [0.1, 0.15) is 44.9 Å². The van der Waals surface area contributed by atoms with Crippen LogP contribution in [0.3, 0.4) is 0 Å². The standard InChI is InChI=1S/C25H33ClN4O2.ClH/c26-20-2-3-21-19(1-4-22(29-21)28-6-5-27-7-8-31)24(20)30-23(32)15-25-12-16-9-17(13-25)11-18(10-16)14-25;/h1-4,16-18,27,31H,5-15H2,(H,28,29)(H,30,32);1H. The second-order valence-corrected chi connectivity index (χ2v) is 10.6. The monoisotopic (exact) mass is 492 g/mol. The molecular formula is C25H34Cl2N4O2. The minimum Gasteiger partial charge on any atom is -0.395 e. The summed E-state index contributed by atoms with van der Waals surface area (Å²) in [6.45, 7) is 2.16. The highest BCUT2D eigenvalue weighted by Crippen LogP contribution is 2.61. The number of aliphatic hydroxyl groups excluding tert-OH is 1. The molecule has 1 heterocycles. The largest absolute Gasteiger partial charge is 0.395 e. The van der Waals surface area contributed by atoms with Crippen molar-refractivity contribution in [3.8, 4) is 0 Å². The van der Waals surface area contributed by atoms with Crippen LogP contribution in [-0.4, -0.2) is 42.2 Å². The molecule has 1 aromatic heterocycles. The zero-order valence-electron chi connectivity index (χ0n) is 18.9. The van der Waals surface area contributed by atoms with Crippen molar-refractivity contribution in [1.29, 1.82) is 0 Å². The number of benzene rings is 1. The number of fused-ring (bicyclic) bond motifs is 1. The van der Waals surface area contributed by atoms with Gasteiger partial charge in [0.25, 0.3) is 0 Å². The Hall–Kier alpha value is -1.60. The number of aromatic nitrogens is 1. The van der Waals surface area contributed by atoms with E-state index in [4.69, 9.17) is 16.7 Å². The molecule has 0 aliphatic heterocycles. The second-order valence-electron chi connectivity index (χ2n) is 10.2. The van der Waals surface area contributed by atoms with Crippen LogP contribution in [-0.2, 0) is 4.79 Å². The summed E-state index contributed by atoms with van der Waals surface area (Å²) in [5.41, 5.74) is 1.67. The number of halogens is 2. The number of pyridine rings is 1. The molecule has 6 nitrogen and oxygen atoms in total. The molecule has 0 saturated heterocycles. The zero-order valence-corrected chi connectivity index (χ0v) is 20.5. The lowest BCUT2D eigenvalue weighted by Gasteiger charge is -2.56. The van der Waals surface area contributed by atoms with Crippen molar-refractivity contribution in [3.05, 3.63) is 29.3 Å². The molecule has 4 saturated carbocycles. The number of hydrogen-bond acceptors (Lipinski definition) is 5. The predicted octanol–water partition coefficient (Wildman–Crippen LogP) is 4.85. The number of amides is 1. The highest BCUT2D eigenvalue weighted by Gasteiger charge is 2.51. The van der Waals surface area contributed by atoms with E-state index in [9.17, 15) is 4.79 Å². The molecule has 4 bridgehead atoms. The lowest BCUT2D eigenvalue weighted by Crippen LogP contribution is -2.47. The van der Waals surface area contributed by atoms with E-state index in [2.05, 4.69) is 20.9 Å². The number of aliphatic hydroxyl groups is 1. The number of anilines is 2. The van der Waals surface area contributed by atoms with E-state index in [0.717, 1.165) is 41.0 Å². The van der Waals surface area contributed by atoms with Crippen LogP contribution in [0.5, 0.6) is 0 Å². The predicted molar refractivity (Wildman–Crippen MR) is 136 cm³/mol. The fourth-order valence-corrected chi connectivity index (χ4v) is 7.13. The van der Waals surface area contributed by atoms with Gasteiger partial charge in [0.05, 0.1) is 22.8 Å². The molecule has 4 aliphatic rings. The smallest absolute Gasteiger partial charge is 0.224 e. The van der Waals surface area contributed by atoms with Gasteiger partial charge >= 0.3 is 0 Å². The molecule has 4 fully saturated rings. The minimum atomic E-state index is 0. The molecule has 4 aliphatic carbocycles. The lowest BCUT2D eigenvalue weighted by molar-refractivity contribution is -0.124. The Balaban J connectivity index is 0.00000259. The van der Waals surface area contributed by atoms with E-state index in [1.165, 1.54) is 38.5 Å². The van der Waals surface area contributed by atoms with Crippen molar-refractivity contribution in [1.82, 2.24) is 10.3 Å². The van der Waals surface area contributed by atoms with Gasteiger partial charge in [0.1, 0.15) is 5.82 Å². The molecule has 8 heteroatoms. The third kappa shape index (κ3) is 5.40. The molecule has 33 heavy (non-hydrogen) atoms. The van der Waals surface area contributed by atoms with Gasteiger partial charge in [-0.05, 0) is 86.0 Å². The third-order valence-corrected chi connectivity index (χ3v) is 8.00. The summed E-state index contributed by atoms with van der Waals surface area (Å²) in [4.78, 5) is 17.8. The number of hydrogen-bond donors (Lipinski definition) is 4. The minimum absolute atomic E-state index is 0. The van der Waals surface area contributed by atoms with Crippen molar-refractivity contribution >= 4 is 52.3 Å². The van der Waals surface area contributed by atoms with Crippen LogP contribution >= 0.6 is 24.0 Å². The molecular weight excluding hydrogens is 459 g/mol. The summed E-state index contributed by atoms with van der Waals surface area (Å²) < 4.78 is 0. The molecule has 1 amide bonds. The molecule has 0 atom stereocenters. The van der Waals surface area contributed by atoms with E-state index in [0.29, 0.717) is 30.2 Å². The Bertz CT molecular complexity index is 964. The summed E-state index contributed by atoms with van der Waals surface area (Å²) in [5.74, 6) is 3.37. The molecule has 0 spiro atoms. The van der Waals surface area contributed by atoms with Gasteiger partial charge in [0.2, 0.25) is 5.91 Å². The number of nitrogens with one attached hydrogen (secondary N) is 3. The maximum Gasteiger partial charge on any atom is 0.224 e. The van der Waals surface area contributed by atoms with Crippen molar-refractivity contribution in [2.45, 2.75) is 44.9 Å².